The molecule has 0 spiro atoms. The van der Waals surface area contributed by atoms with E-state index in [9.17, 15) is 14.4 Å². The van der Waals surface area contributed by atoms with E-state index in [0.717, 1.165) is 30.6 Å². The van der Waals surface area contributed by atoms with Gasteiger partial charge >= 0.3 is 0 Å². The Hall–Kier alpha value is -3.90. The summed E-state index contributed by atoms with van der Waals surface area (Å²) in [5.41, 5.74) is 2.33. The van der Waals surface area contributed by atoms with E-state index >= 15 is 0 Å². The predicted octanol–water partition coefficient (Wildman–Crippen LogP) is 2.50. The number of carbonyl (C=O) groups is 3. The van der Waals surface area contributed by atoms with Crippen LogP contribution in [0.1, 0.15) is 36.8 Å². The molecule has 4 aliphatic heterocycles. The number of hydrogen-bond donors (Lipinski definition) is 2. The molecule has 2 atom stereocenters. The van der Waals surface area contributed by atoms with E-state index in [1.807, 2.05) is 42.5 Å². The predicted molar refractivity (Wildman–Crippen MR) is 149 cm³/mol. The summed E-state index contributed by atoms with van der Waals surface area (Å²) in [6.07, 6.45) is 2.40. The van der Waals surface area contributed by atoms with Crippen molar-refractivity contribution in [3.63, 3.8) is 0 Å². The van der Waals surface area contributed by atoms with Gasteiger partial charge in [0.05, 0.1) is 17.5 Å². The summed E-state index contributed by atoms with van der Waals surface area (Å²) < 4.78 is 16.3. The molecule has 11 nitrogen and oxygen atoms in total. The number of carbonyl (C=O) groups excluding carboxylic acids is 3. The number of para-hydroxylation sites is 1. The van der Waals surface area contributed by atoms with Gasteiger partial charge in [-0.3, -0.25) is 19.4 Å². The molecule has 1 fully saturated rings. The molecule has 12 heteroatoms. The van der Waals surface area contributed by atoms with Crippen LogP contribution < -0.4 is 20.1 Å². The monoisotopic (exact) mass is 563 g/mol. The molecule has 4 heterocycles. The molecule has 3 amide bonds. The first-order valence-electron chi connectivity index (χ1n) is 13.3. The Morgan fingerprint density at radius 1 is 1.07 bits per heavy atom. The molecule has 208 valence electrons. The van der Waals surface area contributed by atoms with Crippen molar-refractivity contribution in [3.05, 3.63) is 53.6 Å². The Labute approximate surface area is 235 Å². The van der Waals surface area contributed by atoms with E-state index in [-0.39, 0.29) is 49.2 Å². The second-order valence-electron chi connectivity index (χ2n) is 9.78. The lowest BCUT2D eigenvalue weighted by Gasteiger charge is -2.25. The Kier molecular flexibility index (Phi) is 7.69. The molecule has 0 aliphatic carbocycles. The van der Waals surface area contributed by atoms with Crippen molar-refractivity contribution in [2.75, 3.05) is 25.7 Å². The molecular formula is C28H29N5O6S. The molecule has 0 unspecified atom stereocenters. The number of amides is 3. The second kappa shape index (κ2) is 11.7. The molecule has 0 radical (unpaired) electrons. The van der Waals surface area contributed by atoms with Crippen molar-refractivity contribution in [3.8, 4) is 11.5 Å². The minimum Gasteiger partial charge on any atom is -0.454 e. The molecular weight excluding hydrogens is 534 g/mol. The number of aliphatic imine (C=N–C) groups is 2. The lowest BCUT2D eigenvalue weighted by Crippen LogP contribution is -2.42. The van der Waals surface area contributed by atoms with E-state index in [1.54, 1.807) is 0 Å². The Morgan fingerprint density at radius 3 is 2.83 bits per heavy atom. The summed E-state index contributed by atoms with van der Waals surface area (Å²) in [4.78, 5) is 49.4. The molecule has 0 saturated carbocycles. The van der Waals surface area contributed by atoms with Crippen LogP contribution in [0, 0.1) is 0 Å². The summed E-state index contributed by atoms with van der Waals surface area (Å²) in [5, 5.41) is 6.20. The minimum absolute atomic E-state index is 0.0571. The maximum Gasteiger partial charge on any atom is 0.259 e. The quantitative estimate of drug-likeness (QED) is 0.479. The summed E-state index contributed by atoms with van der Waals surface area (Å²) in [5.74, 6) is 1.38. The highest BCUT2D eigenvalue weighted by Crippen LogP contribution is 2.35. The molecule has 4 aliphatic rings. The van der Waals surface area contributed by atoms with Crippen molar-refractivity contribution >= 4 is 46.2 Å². The van der Waals surface area contributed by atoms with Gasteiger partial charge in [-0.1, -0.05) is 30.0 Å². The summed E-state index contributed by atoms with van der Waals surface area (Å²) in [6.45, 7) is 1.74. The van der Waals surface area contributed by atoms with Gasteiger partial charge in [0.2, 0.25) is 18.6 Å². The van der Waals surface area contributed by atoms with Gasteiger partial charge in [-0.15, -0.1) is 0 Å². The average molecular weight is 564 g/mol. The summed E-state index contributed by atoms with van der Waals surface area (Å²) in [6, 6.07) is 12.3. The molecule has 40 heavy (non-hydrogen) atoms. The van der Waals surface area contributed by atoms with Crippen molar-refractivity contribution < 1.29 is 28.6 Å². The first-order chi connectivity index (χ1) is 19.5. The third kappa shape index (κ3) is 5.68. The highest BCUT2D eigenvalue weighted by Gasteiger charge is 2.41. The molecule has 6 rings (SSSR count). The fraction of sp³-hybridized carbons (Fsp3) is 0.393. The topological polar surface area (TPSA) is 131 Å². The smallest absolute Gasteiger partial charge is 0.259 e. The number of amidine groups is 2. The van der Waals surface area contributed by atoms with Gasteiger partial charge in [-0.25, -0.2) is 9.89 Å². The Morgan fingerprint density at radius 2 is 1.95 bits per heavy atom. The number of nitrogens with zero attached hydrogens (tertiary/aromatic N) is 3. The van der Waals surface area contributed by atoms with Crippen LogP contribution in [0.4, 0.5) is 5.69 Å². The Balaban J connectivity index is 1.06. The van der Waals surface area contributed by atoms with E-state index < -0.39 is 6.04 Å². The van der Waals surface area contributed by atoms with Crippen LogP contribution in [0.3, 0.4) is 0 Å². The third-order valence-corrected chi connectivity index (χ3v) is 7.94. The number of thioether (sulfide) groups is 1. The van der Waals surface area contributed by atoms with Crippen molar-refractivity contribution in [1.82, 2.24) is 15.5 Å². The zero-order chi connectivity index (χ0) is 27.5. The van der Waals surface area contributed by atoms with Crippen LogP contribution in [0.5, 0.6) is 11.5 Å². The lowest BCUT2D eigenvalue weighted by atomic mass is 10.1. The van der Waals surface area contributed by atoms with Crippen molar-refractivity contribution in [2.45, 2.75) is 44.4 Å². The van der Waals surface area contributed by atoms with Gasteiger partial charge < -0.3 is 24.8 Å². The zero-order valence-corrected chi connectivity index (χ0v) is 22.6. The van der Waals surface area contributed by atoms with Crippen LogP contribution in [0.15, 0.2) is 52.4 Å². The number of rotatable bonds is 9. The molecule has 2 N–H and O–H groups in total. The van der Waals surface area contributed by atoms with Crippen LogP contribution in [-0.2, 0) is 25.7 Å². The number of ether oxygens (including phenoxy) is 3. The van der Waals surface area contributed by atoms with Crippen molar-refractivity contribution in [1.29, 1.82) is 0 Å². The number of hydrogen-bond acceptors (Lipinski definition) is 9. The fourth-order valence-electron chi connectivity index (χ4n) is 4.91. The van der Waals surface area contributed by atoms with E-state index in [2.05, 4.69) is 15.6 Å². The second-order valence-corrected chi connectivity index (χ2v) is 10.7. The van der Waals surface area contributed by atoms with Gasteiger partial charge in [-0.2, -0.15) is 0 Å². The van der Waals surface area contributed by atoms with Gasteiger partial charge in [0, 0.05) is 31.7 Å². The fourth-order valence-corrected chi connectivity index (χ4v) is 5.74. The molecule has 2 aromatic rings. The summed E-state index contributed by atoms with van der Waals surface area (Å²) >= 11 is 1.20. The van der Waals surface area contributed by atoms with E-state index in [0.29, 0.717) is 41.3 Å². The largest absolute Gasteiger partial charge is 0.454 e. The van der Waals surface area contributed by atoms with Gasteiger partial charge in [0.15, 0.2) is 16.7 Å². The highest BCUT2D eigenvalue weighted by atomic mass is 32.2. The number of fused-ring (bicyclic) bond motifs is 4. The van der Waals surface area contributed by atoms with Crippen LogP contribution in [0.2, 0.25) is 0 Å². The van der Waals surface area contributed by atoms with Gasteiger partial charge in [-0.05, 0) is 49.1 Å². The molecule has 0 aromatic heterocycles. The normalized spacial score (nSPS) is 20.5. The zero-order valence-electron chi connectivity index (χ0n) is 21.8. The molecule has 0 bridgehead atoms. The van der Waals surface area contributed by atoms with Gasteiger partial charge in [0.1, 0.15) is 11.9 Å². The molecule has 1 saturated heterocycles. The first-order valence-corrected chi connectivity index (χ1v) is 14.3. The number of benzene rings is 2. The van der Waals surface area contributed by atoms with Crippen LogP contribution in [0.25, 0.3) is 0 Å². The van der Waals surface area contributed by atoms with Crippen LogP contribution in [-0.4, -0.2) is 71.5 Å². The highest BCUT2D eigenvalue weighted by molar-refractivity contribution is 8.14. The summed E-state index contributed by atoms with van der Waals surface area (Å²) in [7, 11) is 0. The maximum atomic E-state index is 13.4. The average Bonchev–Trinajstić information content (AvgIpc) is 3.73. The van der Waals surface area contributed by atoms with E-state index in [1.165, 1.54) is 16.7 Å². The van der Waals surface area contributed by atoms with E-state index in [4.69, 9.17) is 19.2 Å². The number of nitrogens with one attached hydrogen (secondary N) is 2. The first kappa shape index (κ1) is 26.3. The van der Waals surface area contributed by atoms with Gasteiger partial charge in [0.25, 0.3) is 5.91 Å². The minimum atomic E-state index is -0.711. The third-order valence-electron chi connectivity index (χ3n) is 7.00. The standard InChI is InChI=1S/C28H29N5O6S/c34-24(29-13-17-7-9-22-23(12-17)39-16-38-22)10-8-21-27(36)33-26(31-21)19-5-1-2-6-20(19)32-28(33)40-15-25(35)30-14-18-4-3-11-37-18/h1-2,5-7,9,12,18,21H,3-4,8,10-11,13-16H2,(H,29,34)(H,30,35)/t18-,21+/m0/s1. The van der Waals surface area contributed by atoms with Crippen molar-refractivity contribution in [2.24, 2.45) is 9.98 Å². The van der Waals surface area contributed by atoms with Crippen LogP contribution >= 0.6 is 11.8 Å². The molecule has 2 aromatic carbocycles. The SMILES string of the molecule is O=C(CC[C@H]1N=C2c3ccccc3N=C(SCC(=O)NC[C@@H]3CCCO3)N2C1=O)NCc1ccc2c(c1)OCO2. The maximum absolute atomic E-state index is 13.4. The lowest BCUT2D eigenvalue weighted by molar-refractivity contribution is -0.125. The Bertz CT molecular complexity index is 1390.